The van der Waals surface area contributed by atoms with Gasteiger partial charge in [-0.25, -0.2) is 0 Å². The second kappa shape index (κ2) is 20.5. The fraction of sp³-hybridized carbons (Fsp3) is 0.909. The van der Waals surface area contributed by atoms with E-state index in [9.17, 15) is 0 Å². The van der Waals surface area contributed by atoms with Crippen LogP contribution in [0.5, 0.6) is 0 Å². The molecule has 0 atom stereocenters. The van der Waals surface area contributed by atoms with Crippen LogP contribution in [-0.4, -0.2) is 41.8 Å². The summed E-state index contributed by atoms with van der Waals surface area (Å²) in [4.78, 5) is 0. The molecule has 4 nitrogen and oxygen atoms in total. The molecule has 0 aliphatic carbocycles. The van der Waals surface area contributed by atoms with E-state index < -0.39 is 8.80 Å². The van der Waals surface area contributed by atoms with E-state index in [2.05, 4.69) is 19.1 Å². The largest absolute Gasteiger partial charge is 0.500 e. The van der Waals surface area contributed by atoms with Gasteiger partial charge in [-0.3, -0.25) is 0 Å². The zero-order valence-electron chi connectivity index (χ0n) is 18.6. The number of unbranched alkanes of at least 4 members (excludes halogenated alkanes) is 8. The van der Waals surface area contributed by atoms with E-state index in [4.69, 9.17) is 18.0 Å². The van der Waals surface area contributed by atoms with Crippen molar-refractivity contribution in [3.8, 4) is 0 Å². The molecule has 0 aliphatic heterocycles. The Labute approximate surface area is 170 Å². The predicted octanol–water partition coefficient (Wildman–Crippen LogP) is 6.53. The highest BCUT2D eigenvalue weighted by atomic mass is 28.4. The van der Waals surface area contributed by atoms with Crippen molar-refractivity contribution < 1.29 is 18.0 Å². The fourth-order valence-electron chi connectivity index (χ4n) is 3.10. The zero-order valence-corrected chi connectivity index (χ0v) is 19.6. The molecule has 0 fully saturated rings. The normalized spacial score (nSPS) is 12.3. The van der Waals surface area contributed by atoms with Gasteiger partial charge in [-0.2, -0.15) is 0 Å². The lowest BCUT2D eigenvalue weighted by molar-refractivity contribution is 0.0706. The Hall–Kier alpha value is -0.203. The highest BCUT2D eigenvalue weighted by Crippen LogP contribution is 2.20. The van der Waals surface area contributed by atoms with Crippen LogP contribution in [0.25, 0.3) is 0 Å². The maximum Gasteiger partial charge on any atom is 0.500 e. The van der Waals surface area contributed by atoms with Gasteiger partial charge in [0.05, 0.1) is 6.61 Å². The highest BCUT2D eigenvalue weighted by molar-refractivity contribution is 6.60. The van der Waals surface area contributed by atoms with Crippen LogP contribution in [0.3, 0.4) is 0 Å². The van der Waals surface area contributed by atoms with E-state index in [1.54, 1.807) is 0 Å². The van der Waals surface area contributed by atoms with Crippen molar-refractivity contribution in [3.63, 3.8) is 0 Å². The summed E-state index contributed by atoms with van der Waals surface area (Å²) in [5.41, 5.74) is 0. The molecule has 0 radical (unpaired) electrons. The van der Waals surface area contributed by atoms with Crippen molar-refractivity contribution in [2.75, 3.05) is 33.0 Å². The van der Waals surface area contributed by atoms with E-state index in [0.29, 0.717) is 19.8 Å². The molecular weight excluding hydrogens is 356 g/mol. The maximum absolute atomic E-state index is 5.89. The van der Waals surface area contributed by atoms with Gasteiger partial charge in [-0.05, 0) is 46.5 Å². The molecule has 0 unspecified atom stereocenters. The molecule has 0 saturated heterocycles. The standard InChI is InChI=1S/C22H46O4Si/c1-5-9-10-11-14-17-20-23-21-18-15-12-13-16-19-22-27(24-6-2,25-7-3)26-8-4/h15,18H,5-14,16-17,19-22H2,1-4H3. The van der Waals surface area contributed by atoms with Gasteiger partial charge in [-0.1, -0.05) is 57.6 Å². The zero-order chi connectivity index (χ0) is 20.1. The van der Waals surface area contributed by atoms with Gasteiger partial charge in [0.25, 0.3) is 0 Å². The van der Waals surface area contributed by atoms with Gasteiger partial charge in [0, 0.05) is 32.5 Å². The molecular formula is C22H46O4Si. The molecule has 27 heavy (non-hydrogen) atoms. The van der Waals surface area contributed by atoms with Crippen molar-refractivity contribution in [1.82, 2.24) is 0 Å². The van der Waals surface area contributed by atoms with Gasteiger partial charge in [0.1, 0.15) is 0 Å². The second-order valence-electron chi connectivity index (χ2n) is 6.90. The Bertz CT molecular complexity index is 306. The van der Waals surface area contributed by atoms with Crippen LogP contribution in [0.1, 0.15) is 91.9 Å². The smallest absolute Gasteiger partial charge is 0.377 e. The van der Waals surface area contributed by atoms with Crippen LogP contribution in [0, 0.1) is 0 Å². The van der Waals surface area contributed by atoms with Crippen molar-refractivity contribution in [2.45, 2.75) is 97.9 Å². The summed E-state index contributed by atoms with van der Waals surface area (Å²) < 4.78 is 23.3. The summed E-state index contributed by atoms with van der Waals surface area (Å²) in [7, 11) is -2.44. The van der Waals surface area contributed by atoms with Crippen LogP contribution in [-0.2, 0) is 18.0 Å². The molecule has 0 aromatic carbocycles. The number of hydrogen-bond acceptors (Lipinski definition) is 4. The molecule has 0 spiro atoms. The Kier molecular flexibility index (Phi) is 20.4. The maximum atomic E-state index is 5.89. The topological polar surface area (TPSA) is 36.9 Å². The van der Waals surface area contributed by atoms with E-state index >= 15 is 0 Å². The third-order valence-electron chi connectivity index (χ3n) is 4.47. The first-order valence-corrected chi connectivity index (χ1v) is 13.3. The third kappa shape index (κ3) is 16.5. The Balaban J connectivity index is 3.61. The lowest BCUT2D eigenvalue weighted by atomic mass is 10.1. The van der Waals surface area contributed by atoms with Crippen molar-refractivity contribution >= 4 is 8.80 Å². The van der Waals surface area contributed by atoms with Crippen molar-refractivity contribution in [3.05, 3.63) is 12.2 Å². The number of ether oxygens (including phenoxy) is 1. The molecule has 0 bridgehead atoms. The van der Waals surface area contributed by atoms with Gasteiger partial charge in [-0.15, -0.1) is 0 Å². The van der Waals surface area contributed by atoms with Crippen LogP contribution in [0.2, 0.25) is 6.04 Å². The van der Waals surface area contributed by atoms with Gasteiger partial charge >= 0.3 is 8.80 Å². The second-order valence-corrected chi connectivity index (χ2v) is 9.63. The average molecular weight is 403 g/mol. The molecule has 162 valence electrons. The average Bonchev–Trinajstić information content (AvgIpc) is 2.65. The van der Waals surface area contributed by atoms with E-state index in [1.165, 1.54) is 51.4 Å². The lowest BCUT2D eigenvalue weighted by Crippen LogP contribution is -2.45. The summed E-state index contributed by atoms with van der Waals surface area (Å²) in [5.74, 6) is 0. The number of allylic oxidation sites excluding steroid dienone is 1. The summed E-state index contributed by atoms with van der Waals surface area (Å²) in [6, 6.07) is 0.924. The Morgan fingerprint density at radius 3 is 1.85 bits per heavy atom. The predicted molar refractivity (Wildman–Crippen MR) is 117 cm³/mol. The molecule has 5 heteroatoms. The first-order valence-electron chi connectivity index (χ1n) is 11.4. The SMILES string of the molecule is CCCCCCCCOCC=CCCCCC[Si](OCC)(OCC)OCC. The van der Waals surface area contributed by atoms with Crippen LogP contribution in [0.4, 0.5) is 0 Å². The van der Waals surface area contributed by atoms with Crippen molar-refractivity contribution in [2.24, 2.45) is 0 Å². The molecule has 0 amide bonds. The highest BCUT2D eigenvalue weighted by Gasteiger charge is 2.39. The monoisotopic (exact) mass is 402 g/mol. The first kappa shape index (κ1) is 26.8. The van der Waals surface area contributed by atoms with Gasteiger partial charge in [0.15, 0.2) is 0 Å². The molecule has 0 aromatic heterocycles. The molecule has 0 aliphatic rings. The first-order chi connectivity index (χ1) is 13.2. The molecule has 0 saturated carbocycles. The molecule has 0 heterocycles. The quantitative estimate of drug-likeness (QED) is 0.124. The van der Waals surface area contributed by atoms with E-state index in [0.717, 1.165) is 32.1 Å². The van der Waals surface area contributed by atoms with Gasteiger partial charge in [0.2, 0.25) is 0 Å². The summed E-state index contributed by atoms with van der Waals surface area (Å²) >= 11 is 0. The molecule has 0 aromatic rings. The molecule has 0 rings (SSSR count). The minimum absolute atomic E-state index is 0.660. The van der Waals surface area contributed by atoms with Crippen molar-refractivity contribution in [1.29, 1.82) is 0 Å². The minimum atomic E-state index is -2.44. The summed E-state index contributed by atoms with van der Waals surface area (Å²) in [6.07, 6.45) is 16.9. The minimum Gasteiger partial charge on any atom is -0.377 e. The van der Waals surface area contributed by atoms with E-state index in [1.807, 2.05) is 20.8 Å². The van der Waals surface area contributed by atoms with Crippen LogP contribution in [0.15, 0.2) is 12.2 Å². The molecule has 0 N–H and O–H groups in total. The number of hydrogen-bond donors (Lipinski definition) is 0. The summed E-state index contributed by atoms with van der Waals surface area (Å²) in [6.45, 7) is 11.9. The fourth-order valence-corrected chi connectivity index (χ4v) is 5.79. The van der Waals surface area contributed by atoms with Crippen LogP contribution < -0.4 is 0 Å². The number of rotatable bonds is 21. The lowest BCUT2D eigenvalue weighted by Gasteiger charge is -2.28. The third-order valence-corrected chi connectivity index (χ3v) is 7.62. The van der Waals surface area contributed by atoms with Gasteiger partial charge < -0.3 is 18.0 Å². The van der Waals surface area contributed by atoms with E-state index in [-0.39, 0.29) is 0 Å². The van der Waals surface area contributed by atoms with Crippen LogP contribution >= 0.6 is 0 Å². The summed E-state index contributed by atoms with van der Waals surface area (Å²) in [5, 5.41) is 0. The Morgan fingerprint density at radius 2 is 1.22 bits per heavy atom. The Morgan fingerprint density at radius 1 is 0.630 bits per heavy atom.